The molecule has 2 atom stereocenters. The van der Waals surface area contributed by atoms with Crippen molar-refractivity contribution in [1.82, 2.24) is 5.32 Å². The summed E-state index contributed by atoms with van der Waals surface area (Å²) >= 11 is 0. The van der Waals surface area contributed by atoms with Crippen LogP contribution in [0.1, 0.15) is 48.0 Å². The summed E-state index contributed by atoms with van der Waals surface area (Å²) in [5.41, 5.74) is -0.493. The fraction of sp³-hybridized carbons (Fsp3) is 0.846. The van der Waals surface area contributed by atoms with Crippen molar-refractivity contribution in [1.29, 1.82) is 0 Å². The second-order valence-electron chi connectivity index (χ2n) is 5.84. The number of nitrogens with one attached hydrogen (secondary N) is 1. The molecule has 0 rings (SSSR count). The highest BCUT2D eigenvalue weighted by Crippen LogP contribution is 2.20. The molecule has 0 aliphatic heterocycles. The van der Waals surface area contributed by atoms with Gasteiger partial charge < -0.3 is 10.1 Å². The van der Waals surface area contributed by atoms with Crippen LogP contribution in [0.5, 0.6) is 0 Å². The summed E-state index contributed by atoms with van der Waals surface area (Å²) in [4.78, 5) is 22.5. The number of esters is 1. The molecule has 0 fully saturated rings. The van der Waals surface area contributed by atoms with E-state index in [1.165, 1.54) is 0 Å². The van der Waals surface area contributed by atoms with Gasteiger partial charge in [-0.05, 0) is 40.0 Å². The van der Waals surface area contributed by atoms with E-state index in [1.54, 1.807) is 0 Å². The van der Waals surface area contributed by atoms with Crippen LogP contribution in [0.4, 0.5) is 0 Å². The molecule has 0 aromatic heterocycles. The molecule has 0 saturated heterocycles. The van der Waals surface area contributed by atoms with Crippen molar-refractivity contribution < 1.29 is 14.3 Å². The minimum absolute atomic E-state index is 0.204. The minimum Gasteiger partial charge on any atom is -0.460 e. The summed E-state index contributed by atoms with van der Waals surface area (Å²) < 4.78 is 5.37. The molecule has 0 heterocycles. The summed E-state index contributed by atoms with van der Waals surface area (Å²) in [5.74, 6) is -0.157. The zero-order chi connectivity index (χ0) is 13.6. The van der Waals surface area contributed by atoms with Crippen molar-refractivity contribution in [3.8, 4) is 0 Å². The van der Waals surface area contributed by atoms with Crippen LogP contribution in [0, 0.1) is 11.8 Å². The van der Waals surface area contributed by atoms with Crippen LogP contribution in [-0.2, 0) is 14.3 Å². The lowest BCUT2D eigenvalue weighted by molar-refractivity contribution is -0.161. The van der Waals surface area contributed by atoms with Gasteiger partial charge in [0.15, 0.2) is 0 Å². The van der Waals surface area contributed by atoms with E-state index >= 15 is 0 Å². The smallest absolute Gasteiger partial charge is 0.311 e. The van der Waals surface area contributed by atoms with Crippen molar-refractivity contribution in [3.63, 3.8) is 0 Å². The Hall–Kier alpha value is -1.06. The van der Waals surface area contributed by atoms with Crippen LogP contribution in [0.15, 0.2) is 0 Å². The molecule has 0 aliphatic rings. The quantitative estimate of drug-likeness (QED) is 0.574. The van der Waals surface area contributed by atoms with Gasteiger partial charge in [-0.1, -0.05) is 13.8 Å². The van der Waals surface area contributed by atoms with Crippen LogP contribution >= 0.6 is 0 Å². The summed E-state index contributed by atoms with van der Waals surface area (Å²) in [7, 11) is 0. The Balaban J connectivity index is 4.66. The molecular formula is C13H25NO3. The molecule has 100 valence electrons. The van der Waals surface area contributed by atoms with Gasteiger partial charge in [-0.15, -0.1) is 0 Å². The van der Waals surface area contributed by atoms with Crippen molar-refractivity contribution in [2.45, 2.75) is 59.6 Å². The van der Waals surface area contributed by atoms with Gasteiger partial charge in [0.05, 0.1) is 5.92 Å². The highest BCUT2D eigenvalue weighted by molar-refractivity contribution is 5.74. The molecule has 4 nitrogen and oxygen atoms in total. The lowest BCUT2D eigenvalue weighted by Gasteiger charge is -2.28. The van der Waals surface area contributed by atoms with Crippen LogP contribution in [0.3, 0.4) is 0 Å². The number of hydrogen-bond acceptors (Lipinski definition) is 3. The van der Waals surface area contributed by atoms with E-state index in [9.17, 15) is 9.59 Å². The molecule has 2 unspecified atom stereocenters. The Morgan fingerprint density at radius 3 is 2.18 bits per heavy atom. The topological polar surface area (TPSA) is 55.4 Å². The van der Waals surface area contributed by atoms with Crippen molar-refractivity contribution in [2.75, 3.05) is 0 Å². The third-order valence-electron chi connectivity index (χ3n) is 2.37. The highest BCUT2D eigenvalue weighted by Gasteiger charge is 2.30. The first-order valence-electron chi connectivity index (χ1n) is 6.10. The van der Waals surface area contributed by atoms with Crippen LogP contribution in [-0.4, -0.2) is 24.0 Å². The Kier molecular flexibility index (Phi) is 6.21. The Morgan fingerprint density at radius 1 is 1.29 bits per heavy atom. The van der Waals surface area contributed by atoms with E-state index in [0.29, 0.717) is 18.7 Å². The van der Waals surface area contributed by atoms with Crippen molar-refractivity contribution >= 4 is 12.4 Å². The first kappa shape index (κ1) is 15.9. The standard InChI is InChI=1S/C13H25NO3/c1-9(2)7-11(10(3)14-8-15)12(16)17-13(4,5)6/h8-11H,7H2,1-6H3,(H,14,15). The predicted molar refractivity (Wildman–Crippen MR) is 67.5 cm³/mol. The fourth-order valence-electron chi connectivity index (χ4n) is 1.61. The zero-order valence-electron chi connectivity index (χ0n) is 11.7. The van der Waals surface area contributed by atoms with Gasteiger partial charge in [0.1, 0.15) is 5.60 Å². The summed E-state index contributed by atoms with van der Waals surface area (Å²) in [5, 5.41) is 2.64. The second kappa shape index (κ2) is 6.62. The number of ether oxygens (including phenoxy) is 1. The van der Waals surface area contributed by atoms with E-state index in [2.05, 4.69) is 5.32 Å². The molecule has 0 radical (unpaired) electrons. The summed E-state index contributed by atoms with van der Waals surface area (Å²) in [6.45, 7) is 11.4. The monoisotopic (exact) mass is 243 g/mol. The predicted octanol–water partition coefficient (Wildman–Crippen LogP) is 2.12. The van der Waals surface area contributed by atoms with Crippen LogP contribution < -0.4 is 5.32 Å². The fourth-order valence-corrected chi connectivity index (χ4v) is 1.61. The third kappa shape index (κ3) is 6.97. The van der Waals surface area contributed by atoms with Crippen LogP contribution in [0.25, 0.3) is 0 Å². The van der Waals surface area contributed by atoms with Gasteiger partial charge in [-0.2, -0.15) is 0 Å². The van der Waals surface area contributed by atoms with E-state index in [4.69, 9.17) is 4.74 Å². The minimum atomic E-state index is -0.493. The van der Waals surface area contributed by atoms with Crippen molar-refractivity contribution in [3.05, 3.63) is 0 Å². The van der Waals surface area contributed by atoms with Gasteiger partial charge in [0, 0.05) is 6.04 Å². The Labute approximate surface area is 104 Å². The maximum absolute atomic E-state index is 12.0. The maximum atomic E-state index is 12.0. The average molecular weight is 243 g/mol. The molecule has 0 aromatic rings. The van der Waals surface area contributed by atoms with Crippen molar-refractivity contribution in [2.24, 2.45) is 11.8 Å². The summed E-state index contributed by atoms with van der Waals surface area (Å²) in [6.07, 6.45) is 1.33. The van der Waals surface area contributed by atoms with Gasteiger partial charge in [0.2, 0.25) is 6.41 Å². The normalized spacial score (nSPS) is 15.2. The molecule has 0 bridgehead atoms. The molecule has 1 N–H and O–H groups in total. The number of rotatable bonds is 6. The van der Waals surface area contributed by atoms with Gasteiger partial charge in [0.25, 0.3) is 0 Å². The SMILES string of the molecule is CC(C)CC(C(=O)OC(C)(C)C)C(C)NC=O. The molecule has 4 heteroatoms. The Morgan fingerprint density at radius 2 is 1.82 bits per heavy atom. The molecule has 0 saturated carbocycles. The van der Waals surface area contributed by atoms with E-state index in [1.807, 2.05) is 41.5 Å². The van der Waals surface area contributed by atoms with E-state index in [0.717, 1.165) is 0 Å². The number of carbonyl (C=O) groups is 2. The largest absolute Gasteiger partial charge is 0.460 e. The molecule has 0 aliphatic carbocycles. The van der Waals surface area contributed by atoms with Gasteiger partial charge in [-0.25, -0.2) is 0 Å². The Bertz CT molecular complexity index is 256. The first-order valence-corrected chi connectivity index (χ1v) is 6.10. The lowest BCUT2D eigenvalue weighted by Crippen LogP contribution is -2.41. The third-order valence-corrected chi connectivity index (χ3v) is 2.37. The van der Waals surface area contributed by atoms with Gasteiger partial charge >= 0.3 is 5.97 Å². The first-order chi connectivity index (χ1) is 7.67. The van der Waals surface area contributed by atoms with E-state index < -0.39 is 5.60 Å². The average Bonchev–Trinajstić information content (AvgIpc) is 2.11. The molecule has 0 aromatic carbocycles. The maximum Gasteiger partial charge on any atom is 0.311 e. The molecular weight excluding hydrogens is 218 g/mol. The molecule has 17 heavy (non-hydrogen) atoms. The lowest BCUT2D eigenvalue weighted by atomic mass is 9.91. The van der Waals surface area contributed by atoms with Crippen LogP contribution in [0.2, 0.25) is 0 Å². The van der Waals surface area contributed by atoms with Gasteiger partial charge in [-0.3, -0.25) is 9.59 Å². The van der Waals surface area contributed by atoms with E-state index in [-0.39, 0.29) is 17.9 Å². The number of hydrogen-bond donors (Lipinski definition) is 1. The molecule has 1 amide bonds. The number of amides is 1. The second-order valence-corrected chi connectivity index (χ2v) is 5.84. The molecule has 0 spiro atoms. The summed E-state index contributed by atoms with van der Waals surface area (Å²) in [6, 6.07) is -0.204. The number of carbonyl (C=O) groups excluding carboxylic acids is 2. The highest BCUT2D eigenvalue weighted by atomic mass is 16.6. The zero-order valence-corrected chi connectivity index (χ0v) is 11.7.